The minimum Gasteiger partial charge on any atom is -0.507 e. The molecule has 0 spiro atoms. The molecule has 88 valence electrons. The molecule has 0 aliphatic carbocycles. The Hall–Kier alpha value is -1.91. The third-order valence-electron chi connectivity index (χ3n) is 2.11. The number of carbonyl (C=O) groups excluding carboxylic acids is 1. The molecule has 5 nitrogen and oxygen atoms in total. The molecule has 1 rings (SSSR count). The predicted octanol–water partition coefficient (Wildman–Crippen LogP) is 1.74. The second-order valence-corrected chi connectivity index (χ2v) is 4.01. The number of hydrogen-bond donors (Lipinski definition) is 4. The number of rotatable bonds is 3. The Kier molecular flexibility index (Phi) is 3.27. The molecule has 0 unspecified atom stereocenters. The summed E-state index contributed by atoms with van der Waals surface area (Å²) >= 11 is 0. The number of benzene rings is 1. The van der Waals surface area contributed by atoms with E-state index in [-0.39, 0.29) is 17.9 Å². The Morgan fingerprint density at radius 3 is 2.19 bits per heavy atom. The third-order valence-corrected chi connectivity index (χ3v) is 2.11. The van der Waals surface area contributed by atoms with Gasteiger partial charge in [0, 0.05) is 12.5 Å². The summed E-state index contributed by atoms with van der Waals surface area (Å²) in [5.41, 5.74) is -0.357. The van der Waals surface area contributed by atoms with Gasteiger partial charge in [-0.1, -0.05) is 13.8 Å². The molecular formula is C11H14O5. The Morgan fingerprint density at radius 2 is 1.69 bits per heavy atom. The molecule has 5 heteroatoms. The number of Topliss-reactive ketones (excluding diaryl/α,β-unsaturated/α-hetero) is 1. The van der Waals surface area contributed by atoms with Gasteiger partial charge in [-0.15, -0.1) is 0 Å². The van der Waals surface area contributed by atoms with Gasteiger partial charge < -0.3 is 20.4 Å². The normalized spacial score (nSPS) is 10.7. The molecule has 0 aliphatic heterocycles. The summed E-state index contributed by atoms with van der Waals surface area (Å²) in [6.07, 6.45) is 0.130. The van der Waals surface area contributed by atoms with Crippen LogP contribution in [0.3, 0.4) is 0 Å². The van der Waals surface area contributed by atoms with Gasteiger partial charge in [-0.2, -0.15) is 0 Å². The highest BCUT2D eigenvalue weighted by Gasteiger charge is 2.22. The maximum Gasteiger partial charge on any atom is 0.201 e. The van der Waals surface area contributed by atoms with Crippen molar-refractivity contribution in [3.63, 3.8) is 0 Å². The van der Waals surface area contributed by atoms with Crippen LogP contribution in [0.2, 0.25) is 0 Å². The minimum atomic E-state index is -0.801. The predicted molar refractivity (Wildman–Crippen MR) is 56.9 cm³/mol. The van der Waals surface area contributed by atoms with Crippen LogP contribution in [-0.2, 0) is 0 Å². The first kappa shape index (κ1) is 12.2. The highest BCUT2D eigenvalue weighted by Crippen LogP contribution is 2.43. The van der Waals surface area contributed by atoms with Crippen molar-refractivity contribution >= 4 is 5.78 Å². The Bertz CT molecular complexity index is 423. The van der Waals surface area contributed by atoms with Crippen molar-refractivity contribution in [2.45, 2.75) is 20.3 Å². The summed E-state index contributed by atoms with van der Waals surface area (Å²) in [5, 5.41) is 37.2. The van der Waals surface area contributed by atoms with Crippen molar-refractivity contribution in [1.29, 1.82) is 0 Å². The molecule has 1 aromatic rings. The molecule has 0 radical (unpaired) electrons. The van der Waals surface area contributed by atoms with E-state index in [2.05, 4.69) is 0 Å². The fraction of sp³-hybridized carbons (Fsp3) is 0.364. The number of hydrogen-bond acceptors (Lipinski definition) is 5. The summed E-state index contributed by atoms with van der Waals surface area (Å²) in [6.45, 7) is 3.62. The number of phenols is 4. The molecule has 0 saturated heterocycles. The first-order valence-electron chi connectivity index (χ1n) is 4.84. The zero-order valence-electron chi connectivity index (χ0n) is 9.06. The summed E-state index contributed by atoms with van der Waals surface area (Å²) in [4.78, 5) is 11.6. The number of carbonyl (C=O) groups is 1. The van der Waals surface area contributed by atoms with Crippen LogP contribution in [0, 0.1) is 5.92 Å². The van der Waals surface area contributed by atoms with E-state index < -0.39 is 28.8 Å². The molecule has 0 fully saturated rings. The minimum absolute atomic E-state index is 0.0576. The van der Waals surface area contributed by atoms with E-state index in [9.17, 15) is 20.1 Å². The third kappa shape index (κ3) is 2.18. The van der Waals surface area contributed by atoms with E-state index in [1.807, 2.05) is 13.8 Å². The number of ketones is 1. The van der Waals surface area contributed by atoms with Crippen LogP contribution >= 0.6 is 0 Å². The standard InChI is InChI=1S/C11H14O5/c1-5(2)3-6(12)9-7(13)4-8(14)10(15)11(9)16/h4-5,13-16H,3H2,1-2H3. The molecule has 0 aliphatic rings. The van der Waals surface area contributed by atoms with E-state index in [0.717, 1.165) is 6.07 Å². The summed E-state index contributed by atoms with van der Waals surface area (Å²) in [6, 6.07) is 0.822. The molecular weight excluding hydrogens is 212 g/mol. The van der Waals surface area contributed by atoms with Gasteiger partial charge >= 0.3 is 0 Å². The largest absolute Gasteiger partial charge is 0.507 e. The lowest BCUT2D eigenvalue weighted by atomic mass is 9.99. The number of phenolic OH excluding ortho intramolecular Hbond substituents is 4. The second kappa shape index (κ2) is 4.30. The fourth-order valence-electron chi connectivity index (χ4n) is 1.38. The SMILES string of the molecule is CC(C)CC(=O)c1c(O)cc(O)c(O)c1O. The summed E-state index contributed by atoms with van der Waals surface area (Å²) < 4.78 is 0. The van der Waals surface area contributed by atoms with Crippen LogP contribution in [0.4, 0.5) is 0 Å². The van der Waals surface area contributed by atoms with Crippen molar-refractivity contribution in [3.8, 4) is 23.0 Å². The quantitative estimate of drug-likeness (QED) is 0.357. The lowest BCUT2D eigenvalue weighted by Crippen LogP contribution is -2.04. The van der Waals surface area contributed by atoms with Gasteiger partial charge in [0.2, 0.25) is 5.75 Å². The average molecular weight is 226 g/mol. The molecule has 0 amide bonds. The zero-order chi connectivity index (χ0) is 12.5. The highest BCUT2D eigenvalue weighted by molar-refractivity contribution is 6.02. The Labute approximate surface area is 92.6 Å². The van der Waals surface area contributed by atoms with Crippen LogP contribution in [0.25, 0.3) is 0 Å². The average Bonchev–Trinajstić information content (AvgIpc) is 2.13. The molecule has 16 heavy (non-hydrogen) atoms. The van der Waals surface area contributed by atoms with E-state index in [1.165, 1.54) is 0 Å². The lowest BCUT2D eigenvalue weighted by molar-refractivity contribution is 0.0961. The van der Waals surface area contributed by atoms with Crippen LogP contribution < -0.4 is 0 Å². The van der Waals surface area contributed by atoms with Crippen LogP contribution in [0.1, 0.15) is 30.6 Å². The van der Waals surface area contributed by atoms with Crippen LogP contribution in [0.5, 0.6) is 23.0 Å². The van der Waals surface area contributed by atoms with Gasteiger partial charge in [-0.25, -0.2) is 0 Å². The van der Waals surface area contributed by atoms with Gasteiger partial charge in [0.15, 0.2) is 17.3 Å². The molecule has 1 aromatic carbocycles. The van der Waals surface area contributed by atoms with Crippen LogP contribution in [-0.4, -0.2) is 26.2 Å². The molecule has 4 N–H and O–H groups in total. The fourth-order valence-corrected chi connectivity index (χ4v) is 1.38. The van der Waals surface area contributed by atoms with Crippen molar-refractivity contribution in [2.75, 3.05) is 0 Å². The van der Waals surface area contributed by atoms with Gasteiger partial charge in [0.25, 0.3) is 0 Å². The summed E-state index contributed by atoms with van der Waals surface area (Å²) in [7, 11) is 0. The zero-order valence-corrected chi connectivity index (χ0v) is 9.06. The van der Waals surface area contributed by atoms with Crippen molar-refractivity contribution in [2.24, 2.45) is 5.92 Å². The van der Waals surface area contributed by atoms with E-state index in [4.69, 9.17) is 5.11 Å². The maximum absolute atomic E-state index is 11.6. The Morgan fingerprint density at radius 1 is 1.12 bits per heavy atom. The van der Waals surface area contributed by atoms with E-state index in [0.29, 0.717) is 0 Å². The van der Waals surface area contributed by atoms with Crippen molar-refractivity contribution in [3.05, 3.63) is 11.6 Å². The van der Waals surface area contributed by atoms with Gasteiger partial charge in [-0.3, -0.25) is 4.79 Å². The first-order chi connectivity index (χ1) is 7.34. The van der Waals surface area contributed by atoms with E-state index >= 15 is 0 Å². The molecule has 0 atom stereocenters. The monoisotopic (exact) mass is 226 g/mol. The maximum atomic E-state index is 11.6. The smallest absolute Gasteiger partial charge is 0.201 e. The van der Waals surface area contributed by atoms with Crippen molar-refractivity contribution < 1.29 is 25.2 Å². The molecule has 0 saturated carbocycles. The lowest BCUT2D eigenvalue weighted by Gasteiger charge is -2.10. The highest BCUT2D eigenvalue weighted by atomic mass is 16.3. The first-order valence-corrected chi connectivity index (χ1v) is 4.84. The summed E-state index contributed by atoms with van der Waals surface area (Å²) in [5.74, 6) is -3.23. The van der Waals surface area contributed by atoms with E-state index in [1.54, 1.807) is 0 Å². The van der Waals surface area contributed by atoms with Gasteiger partial charge in [-0.05, 0) is 5.92 Å². The molecule has 0 aromatic heterocycles. The Balaban J connectivity index is 3.24. The van der Waals surface area contributed by atoms with Crippen LogP contribution in [0.15, 0.2) is 6.07 Å². The number of aromatic hydroxyl groups is 4. The molecule has 0 bridgehead atoms. The van der Waals surface area contributed by atoms with Crippen molar-refractivity contribution in [1.82, 2.24) is 0 Å². The second-order valence-electron chi connectivity index (χ2n) is 4.01. The van der Waals surface area contributed by atoms with Gasteiger partial charge in [0.05, 0.1) is 0 Å². The molecule has 0 heterocycles. The topological polar surface area (TPSA) is 98.0 Å². The van der Waals surface area contributed by atoms with Gasteiger partial charge in [0.1, 0.15) is 11.3 Å².